The third-order valence-corrected chi connectivity index (χ3v) is 5.04. The van der Waals surface area contributed by atoms with Crippen LogP contribution in [0.1, 0.15) is 30.9 Å². The van der Waals surface area contributed by atoms with E-state index in [1.165, 1.54) is 23.3 Å². The summed E-state index contributed by atoms with van der Waals surface area (Å²) in [6.45, 7) is 6.55. The highest BCUT2D eigenvalue weighted by atomic mass is 19.1. The highest BCUT2D eigenvalue weighted by Crippen LogP contribution is 2.19. The van der Waals surface area contributed by atoms with Gasteiger partial charge in [-0.05, 0) is 35.2 Å². The van der Waals surface area contributed by atoms with Crippen molar-refractivity contribution in [1.82, 2.24) is 15.3 Å². The monoisotopic (exact) mass is 368 g/mol. The summed E-state index contributed by atoms with van der Waals surface area (Å²) in [4.78, 5) is 7.61. The lowest BCUT2D eigenvalue weighted by molar-refractivity contribution is 0.0481. The number of fused-ring (bicyclic) bond motifs is 1. The molecule has 5 nitrogen and oxygen atoms in total. The molecule has 0 radical (unpaired) electrons. The van der Waals surface area contributed by atoms with Crippen LogP contribution >= 0.6 is 0 Å². The fraction of sp³-hybridized carbons (Fsp3) is 0.381. The van der Waals surface area contributed by atoms with Crippen LogP contribution in [0.15, 0.2) is 42.5 Å². The zero-order valence-electron chi connectivity index (χ0n) is 15.6. The molecule has 1 fully saturated rings. The lowest BCUT2D eigenvalue weighted by Gasteiger charge is -2.20. The predicted molar refractivity (Wildman–Crippen MR) is 105 cm³/mol. The number of aromatic amines is 1. The Morgan fingerprint density at radius 3 is 2.78 bits per heavy atom. The topological polar surface area (TPSA) is 62.0 Å². The van der Waals surface area contributed by atoms with Crippen LogP contribution in [0, 0.1) is 5.82 Å². The van der Waals surface area contributed by atoms with Crippen molar-refractivity contribution in [3.8, 4) is 0 Å². The Balaban J connectivity index is 1.38. The molecule has 142 valence electrons. The number of H-pyrrole nitrogens is 1. The summed E-state index contributed by atoms with van der Waals surface area (Å²) in [5.74, 6) is 0.897. The molecule has 1 aromatic heterocycles. The summed E-state index contributed by atoms with van der Waals surface area (Å²) < 4.78 is 19.5. The normalized spacial score (nSPS) is 19.9. The smallest absolute Gasteiger partial charge is 0.201 e. The van der Waals surface area contributed by atoms with Crippen molar-refractivity contribution < 1.29 is 9.13 Å². The molecule has 0 aliphatic carbocycles. The van der Waals surface area contributed by atoms with Gasteiger partial charge in [0.15, 0.2) is 0 Å². The number of benzene rings is 2. The van der Waals surface area contributed by atoms with E-state index in [4.69, 9.17) is 4.74 Å². The molecule has 0 spiro atoms. The minimum atomic E-state index is -0.273. The van der Waals surface area contributed by atoms with E-state index in [0.717, 1.165) is 18.6 Å². The van der Waals surface area contributed by atoms with Crippen LogP contribution in [-0.2, 0) is 11.3 Å². The zero-order valence-corrected chi connectivity index (χ0v) is 15.6. The number of imidazole rings is 1. The van der Waals surface area contributed by atoms with Gasteiger partial charge in [-0.1, -0.05) is 38.1 Å². The van der Waals surface area contributed by atoms with Gasteiger partial charge in [0, 0.05) is 13.1 Å². The largest absolute Gasteiger partial charge is 0.370 e. The van der Waals surface area contributed by atoms with Gasteiger partial charge in [-0.2, -0.15) is 0 Å². The second-order valence-electron chi connectivity index (χ2n) is 7.40. The van der Waals surface area contributed by atoms with E-state index in [1.54, 1.807) is 6.07 Å². The van der Waals surface area contributed by atoms with Gasteiger partial charge in [0.25, 0.3) is 0 Å². The molecular formula is C21H25FN4O. The summed E-state index contributed by atoms with van der Waals surface area (Å²) in [5, 5.41) is 6.74. The van der Waals surface area contributed by atoms with E-state index in [9.17, 15) is 4.39 Å². The number of aromatic nitrogens is 2. The minimum absolute atomic E-state index is 0.0414. The third kappa shape index (κ3) is 4.12. The number of ether oxygens (including phenoxy) is 1. The first-order chi connectivity index (χ1) is 13.1. The molecule has 27 heavy (non-hydrogen) atoms. The fourth-order valence-corrected chi connectivity index (χ4v) is 3.40. The van der Waals surface area contributed by atoms with E-state index >= 15 is 0 Å². The van der Waals surface area contributed by atoms with Gasteiger partial charge < -0.3 is 20.4 Å². The van der Waals surface area contributed by atoms with Crippen LogP contribution in [0.25, 0.3) is 11.0 Å². The standard InChI is InChI=1S/C21H25FN4O/c1-13(2)15-5-3-14(4-6-15)12-27-20-11-23-10-19(20)26-21-24-17-8-7-16(22)9-18(17)25-21/h3-9,13,19-20,23H,10-12H2,1-2H3,(H2,24,25,26). The number of nitrogens with one attached hydrogen (secondary N) is 3. The van der Waals surface area contributed by atoms with Crippen molar-refractivity contribution >= 4 is 17.0 Å². The predicted octanol–water partition coefficient (Wildman–Crippen LogP) is 3.79. The quantitative estimate of drug-likeness (QED) is 0.619. The molecule has 3 N–H and O–H groups in total. The van der Waals surface area contributed by atoms with Crippen LogP contribution in [0.5, 0.6) is 0 Å². The molecule has 3 aromatic rings. The Hall–Kier alpha value is -2.44. The Morgan fingerprint density at radius 1 is 1.19 bits per heavy atom. The first kappa shape index (κ1) is 17.9. The van der Waals surface area contributed by atoms with Crippen molar-refractivity contribution in [2.24, 2.45) is 0 Å². The Kier molecular flexibility index (Phi) is 5.09. The number of hydrogen-bond acceptors (Lipinski definition) is 4. The van der Waals surface area contributed by atoms with Gasteiger partial charge in [-0.3, -0.25) is 0 Å². The van der Waals surface area contributed by atoms with Crippen LogP contribution < -0.4 is 10.6 Å². The summed E-state index contributed by atoms with van der Waals surface area (Å²) in [6, 6.07) is 13.2. The molecule has 4 rings (SSSR count). The van der Waals surface area contributed by atoms with Crippen LogP contribution in [0.4, 0.5) is 10.3 Å². The fourth-order valence-electron chi connectivity index (χ4n) is 3.40. The van der Waals surface area contributed by atoms with Crippen LogP contribution in [0.3, 0.4) is 0 Å². The molecule has 2 heterocycles. The molecule has 1 aliphatic rings. The van der Waals surface area contributed by atoms with E-state index < -0.39 is 0 Å². The molecule has 0 bridgehead atoms. The summed E-state index contributed by atoms with van der Waals surface area (Å²) in [7, 11) is 0. The van der Waals surface area contributed by atoms with Crippen molar-refractivity contribution in [3.05, 3.63) is 59.4 Å². The molecular weight excluding hydrogens is 343 g/mol. The third-order valence-electron chi connectivity index (χ3n) is 5.04. The van der Waals surface area contributed by atoms with Gasteiger partial charge in [0.05, 0.1) is 29.8 Å². The van der Waals surface area contributed by atoms with Crippen molar-refractivity contribution in [1.29, 1.82) is 0 Å². The molecule has 0 amide bonds. The molecule has 6 heteroatoms. The molecule has 1 saturated heterocycles. The SMILES string of the molecule is CC(C)c1ccc(COC2CNCC2Nc2nc3ccc(F)cc3[nH]2)cc1. The van der Waals surface area contributed by atoms with E-state index in [0.29, 0.717) is 24.0 Å². The maximum absolute atomic E-state index is 13.3. The Bertz CT molecular complexity index is 906. The van der Waals surface area contributed by atoms with E-state index in [2.05, 4.69) is 58.7 Å². The van der Waals surface area contributed by atoms with Crippen LogP contribution in [-0.4, -0.2) is 35.2 Å². The maximum atomic E-state index is 13.3. The molecule has 0 saturated carbocycles. The maximum Gasteiger partial charge on any atom is 0.201 e. The van der Waals surface area contributed by atoms with Crippen molar-refractivity contribution in [3.63, 3.8) is 0 Å². The highest BCUT2D eigenvalue weighted by molar-refractivity contribution is 5.77. The van der Waals surface area contributed by atoms with E-state index in [1.807, 2.05) is 0 Å². The Labute approximate surface area is 158 Å². The summed E-state index contributed by atoms with van der Waals surface area (Å²) in [6.07, 6.45) is 0.0414. The summed E-state index contributed by atoms with van der Waals surface area (Å²) in [5.41, 5.74) is 3.94. The van der Waals surface area contributed by atoms with E-state index in [-0.39, 0.29) is 18.0 Å². The molecule has 2 atom stereocenters. The zero-order chi connectivity index (χ0) is 18.8. The first-order valence-electron chi connectivity index (χ1n) is 9.41. The number of hydrogen-bond donors (Lipinski definition) is 3. The van der Waals surface area contributed by atoms with Gasteiger partial charge in [-0.15, -0.1) is 0 Å². The van der Waals surface area contributed by atoms with Crippen molar-refractivity contribution in [2.45, 2.75) is 38.5 Å². The Morgan fingerprint density at radius 2 is 2.00 bits per heavy atom. The van der Waals surface area contributed by atoms with Gasteiger partial charge >= 0.3 is 0 Å². The lowest BCUT2D eigenvalue weighted by atomic mass is 10.0. The average Bonchev–Trinajstić information content (AvgIpc) is 3.26. The summed E-state index contributed by atoms with van der Waals surface area (Å²) >= 11 is 0. The first-order valence-corrected chi connectivity index (χ1v) is 9.41. The lowest BCUT2D eigenvalue weighted by Crippen LogP contribution is -2.34. The van der Waals surface area contributed by atoms with Gasteiger partial charge in [0.2, 0.25) is 5.95 Å². The number of rotatable bonds is 6. The van der Waals surface area contributed by atoms with Gasteiger partial charge in [0.1, 0.15) is 5.82 Å². The number of anilines is 1. The second-order valence-corrected chi connectivity index (χ2v) is 7.40. The highest BCUT2D eigenvalue weighted by Gasteiger charge is 2.28. The minimum Gasteiger partial charge on any atom is -0.370 e. The van der Waals surface area contributed by atoms with Crippen LogP contribution in [0.2, 0.25) is 0 Å². The van der Waals surface area contributed by atoms with Gasteiger partial charge in [-0.25, -0.2) is 9.37 Å². The second kappa shape index (κ2) is 7.66. The molecule has 2 aromatic carbocycles. The number of nitrogens with zero attached hydrogens (tertiary/aromatic N) is 1. The molecule has 2 unspecified atom stereocenters. The molecule has 1 aliphatic heterocycles. The van der Waals surface area contributed by atoms with Crippen molar-refractivity contribution in [2.75, 3.05) is 18.4 Å². The average molecular weight is 368 g/mol. The number of halogens is 1.